The Hall–Kier alpha value is -2.91. The summed E-state index contributed by atoms with van der Waals surface area (Å²) < 4.78 is 0. The Balaban J connectivity index is 1.62. The molecule has 1 aliphatic carbocycles. The highest BCUT2D eigenvalue weighted by molar-refractivity contribution is 5.91. The third-order valence-corrected chi connectivity index (χ3v) is 7.33. The van der Waals surface area contributed by atoms with Crippen molar-refractivity contribution < 1.29 is 4.79 Å². The maximum atomic E-state index is 13.3. The zero-order chi connectivity index (χ0) is 22.4. The third-order valence-electron chi connectivity index (χ3n) is 7.33. The Morgan fingerprint density at radius 2 is 1.41 bits per heavy atom. The van der Waals surface area contributed by atoms with E-state index >= 15 is 0 Å². The number of nitrogens with two attached hydrogens (primary N) is 1. The Bertz CT molecular complexity index is 948. The van der Waals surface area contributed by atoms with Gasteiger partial charge in [-0.15, -0.1) is 0 Å². The summed E-state index contributed by atoms with van der Waals surface area (Å²) in [5.41, 5.74) is 8.85. The van der Waals surface area contributed by atoms with Gasteiger partial charge in [-0.05, 0) is 55.3 Å². The Morgan fingerprint density at radius 3 is 1.94 bits per heavy atom. The third kappa shape index (κ3) is 4.49. The number of likely N-dealkylation sites (N-methyl/N-ethyl adjacent to an activating group) is 1. The van der Waals surface area contributed by atoms with Crippen LogP contribution in [0.5, 0.6) is 0 Å². The molecule has 1 aliphatic rings. The standard InChI is InChI=1S/C29H34N2O/c1-31(21-20-23-12-5-2-6-13-23)27-19-11-18-26(22-27)29(28(30)32,24-14-7-3-8-15-24)25-16-9-4-10-17-25/h2-10,12-17,26-27H,11,18-22H2,1H3,(H2,30,32)/t26-,27-/m0/s1. The second-order valence-electron chi connectivity index (χ2n) is 9.14. The molecular weight excluding hydrogens is 392 g/mol. The molecule has 0 heterocycles. The van der Waals surface area contributed by atoms with Crippen LogP contribution in [0, 0.1) is 5.92 Å². The van der Waals surface area contributed by atoms with Gasteiger partial charge in [0.1, 0.15) is 5.41 Å². The normalized spacial score (nSPS) is 19.1. The lowest BCUT2D eigenvalue weighted by molar-refractivity contribution is -0.124. The first-order valence-electron chi connectivity index (χ1n) is 11.8. The molecule has 3 aromatic carbocycles. The second-order valence-corrected chi connectivity index (χ2v) is 9.14. The van der Waals surface area contributed by atoms with Gasteiger partial charge >= 0.3 is 0 Å². The quantitative estimate of drug-likeness (QED) is 0.539. The molecule has 166 valence electrons. The molecule has 1 amide bonds. The minimum absolute atomic E-state index is 0.169. The van der Waals surface area contributed by atoms with E-state index in [0.29, 0.717) is 6.04 Å². The minimum atomic E-state index is -0.804. The molecule has 4 rings (SSSR count). The van der Waals surface area contributed by atoms with E-state index < -0.39 is 5.41 Å². The fourth-order valence-electron chi connectivity index (χ4n) is 5.62. The molecule has 32 heavy (non-hydrogen) atoms. The van der Waals surface area contributed by atoms with Gasteiger partial charge in [0.2, 0.25) is 5.91 Å². The molecule has 3 aromatic rings. The largest absolute Gasteiger partial charge is 0.369 e. The van der Waals surface area contributed by atoms with Crippen molar-refractivity contribution in [2.75, 3.05) is 13.6 Å². The average Bonchev–Trinajstić information content (AvgIpc) is 2.85. The van der Waals surface area contributed by atoms with E-state index in [9.17, 15) is 4.79 Å². The van der Waals surface area contributed by atoms with Crippen molar-refractivity contribution in [3.8, 4) is 0 Å². The van der Waals surface area contributed by atoms with Crippen LogP contribution in [0.4, 0.5) is 0 Å². The maximum absolute atomic E-state index is 13.3. The Kier molecular flexibility index (Phi) is 7.06. The fraction of sp³-hybridized carbons (Fsp3) is 0.345. The zero-order valence-corrected chi connectivity index (χ0v) is 19.0. The summed E-state index contributed by atoms with van der Waals surface area (Å²) in [5.74, 6) is -0.0739. The number of benzene rings is 3. The highest BCUT2D eigenvalue weighted by atomic mass is 16.1. The number of rotatable bonds is 8. The van der Waals surface area contributed by atoms with Crippen molar-refractivity contribution in [1.29, 1.82) is 0 Å². The Morgan fingerprint density at radius 1 is 0.875 bits per heavy atom. The number of hydrogen-bond donors (Lipinski definition) is 1. The lowest BCUT2D eigenvalue weighted by Gasteiger charge is -2.45. The van der Waals surface area contributed by atoms with E-state index in [4.69, 9.17) is 5.73 Å². The number of carbonyl (C=O) groups excluding carboxylic acids is 1. The topological polar surface area (TPSA) is 46.3 Å². The van der Waals surface area contributed by atoms with Crippen molar-refractivity contribution in [2.24, 2.45) is 11.7 Å². The molecule has 0 aliphatic heterocycles. The molecule has 0 saturated heterocycles. The number of carbonyl (C=O) groups is 1. The first-order valence-corrected chi connectivity index (χ1v) is 11.8. The van der Waals surface area contributed by atoms with Crippen LogP contribution in [0.3, 0.4) is 0 Å². The molecule has 0 radical (unpaired) electrons. The Labute approximate surface area is 192 Å². The van der Waals surface area contributed by atoms with E-state index in [2.05, 4.69) is 66.5 Å². The van der Waals surface area contributed by atoms with E-state index in [1.807, 2.05) is 36.4 Å². The van der Waals surface area contributed by atoms with Crippen LogP contribution in [0.2, 0.25) is 0 Å². The minimum Gasteiger partial charge on any atom is -0.369 e. The summed E-state index contributed by atoms with van der Waals surface area (Å²) in [6, 6.07) is 31.5. The summed E-state index contributed by atoms with van der Waals surface area (Å²) in [7, 11) is 2.23. The average molecular weight is 427 g/mol. The summed E-state index contributed by atoms with van der Waals surface area (Å²) in [6.07, 6.45) is 5.30. The molecule has 0 aromatic heterocycles. The summed E-state index contributed by atoms with van der Waals surface area (Å²) >= 11 is 0. The highest BCUT2D eigenvalue weighted by Crippen LogP contribution is 2.46. The van der Waals surface area contributed by atoms with Crippen molar-refractivity contribution in [1.82, 2.24) is 4.90 Å². The van der Waals surface area contributed by atoms with Gasteiger partial charge in [0, 0.05) is 12.6 Å². The number of amides is 1. The van der Waals surface area contributed by atoms with Crippen LogP contribution in [-0.2, 0) is 16.6 Å². The lowest BCUT2D eigenvalue weighted by atomic mass is 9.60. The first-order chi connectivity index (χ1) is 15.6. The predicted molar refractivity (Wildman–Crippen MR) is 131 cm³/mol. The van der Waals surface area contributed by atoms with Crippen molar-refractivity contribution in [2.45, 2.75) is 43.6 Å². The molecule has 2 N–H and O–H groups in total. The molecule has 2 atom stereocenters. The van der Waals surface area contributed by atoms with Gasteiger partial charge in [-0.1, -0.05) is 97.4 Å². The van der Waals surface area contributed by atoms with Gasteiger partial charge in [-0.2, -0.15) is 0 Å². The van der Waals surface area contributed by atoms with E-state index in [0.717, 1.165) is 43.4 Å². The number of nitrogens with zero attached hydrogens (tertiary/aromatic N) is 1. The molecule has 0 unspecified atom stereocenters. The van der Waals surface area contributed by atoms with Crippen LogP contribution in [0.25, 0.3) is 0 Å². The van der Waals surface area contributed by atoms with Crippen molar-refractivity contribution in [3.63, 3.8) is 0 Å². The van der Waals surface area contributed by atoms with Gasteiger partial charge in [-0.25, -0.2) is 0 Å². The van der Waals surface area contributed by atoms with Crippen LogP contribution in [0.1, 0.15) is 42.4 Å². The smallest absolute Gasteiger partial charge is 0.232 e. The fourth-order valence-corrected chi connectivity index (χ4v) is 5.62. The van der Waals surface area contributed by atoms with Gasteiger partial charge in [0.25, 0.3) is 0 Å². The molecule has 0 bridgehead atoms. The van der Waals surface area contributed by atoms with Gasteiger partial charge in [0.05, 0.1) is 0 Å². The molecular formula is C29H34N2O. The van der Waals surface area contributed by atoms with Gasteiger partial charge < -0.3 is 10.6 Å². The first kappa shape index (κ1) is 22.3. The van der Waals surface area contributed by atoms with Crippen LogP contribution >= 0.6 is 0 Å². The molecule has 0 spiro atoms. The van der Waals surface area contributed by atoms with E-state index in [1.54, 1.807) is 0 Å². The number of primary amides is 1. The number of hydrogen-bond acceptors (Lipinski definition) is 2. The lowest BCUT2D eigenvalue weighted by Crippen LogP contribution is -2.51. The highest BCUT2D eigenvalue weighted by Gasteiger charge is 2.48. The molecule has 1 saturated carbocycles. The summed E-state index contributed by atoms with van der Waals surface area (Å²) in [6.45, 7) is 1.02. The molecule has 3 nitrogen and oxygen atoms in total. The van der Waals surface area contributed by atoms with Crippen LogP contribution < -0.4 is 5.73 Å². The maximum Gasteiger partial charge on any atom is 0.232 e. The van der Waals surface area contributed by atoms with E-state index in [1.165, 1.54) is 12.0 Å². The zero-order valence-electron chi connectivity index (χ0n) is 19.0. The SMILES string of the molecule is CN(CCc1ccccc1)[C@H]1CCC[C@H](C(C(N)=O)(c2ccccc2)c2ccccc2)C1. The van der Waals surface area contributed by atoms with Crippen LogP contribution in [0.15, 0.2) is 91.0 Å². The molecule has 3 heteroatoms. The second kappa shape index (κ2) is 10.1. The predicted octanol–water partition coefficient (Wildman–Crippen LogP) is 5.19. The van der Waals surface area contributed by atoms with Crippen molar-refractivity contribution >= 4 is 5.91 Å². The molecule has 1 fully saturated rings. The summed E-state index contributed by atoms with van der Waals surface area (Å²) in [5, 5.41) is 0. The summed E-state index contributed by atoms with van der Waals surface area (Å²) in [4.78, 5) is 15.8. The van der Waals surface area contributed by atoms with Crippen molar-refractivity contribution in [3.05, 3.63) is 108 Å². The van der Waals surface area contributed by atoms with Gasteiger partial charge in [0.15, 0.2) is 0 Å². The van der Waals surface area contributed by atoms with E-state index in [-0.39, 0.29) is 11.8 Å². The van der Waals surface area contributed by atoms with Crippen LogP contribution in [-0.4, -0.2) is 30.4 Å². The van der Waals surface area contributed by atoms with Gasteiger partial charge in [-0.3, -0.25) is 4.79 Å². The monoisotopic (exact) mass is 426 g/mol.